The number of carbonyl (C=O) groups is 1. The monoisotopic (exact) mass is 298 g/mol. The lowest BCUT2D eigenvalue weighted by Gasteiger charge is -2.18. The third-order valence-corrected chi connectivity index (χ3v) is 4.32. The summed E-state index contributed by atoms with van der Waals surface area (Å²) in [6.07, 6.45) is 2.39. The molecule has 1 amide bonds. The zero-order chi connectivity index (χ0) is 15.4. The second-order valence-electron chi connectivity index (χ2n) is 5.97. The Morgan fingerprint density at radius 1 is 1.23 bits per heavy atom. The van der Waals surface area contributed by atoms with Crippen molar-refractivity contribution in [3.8, 4) is 0 Å². The number of benzene rings is 1. The fraction of sp³-hybridized carbons (Fsp3) is 0.389. The Hall–Kier alpha value is -2.07. The maximum atomic E-state index is 12.5. The molecular formula is C18H22N2O2. The number of hydrogen-bond acceptors (Lipinski definition) is 3. The molecule has 0 bridgehead atoms. The van der Waals surface area contributed by atoms with Gasteiger partial charge in [0.15, 0.2) is 0 Å². The number of hydrogen-bond donors (Lipinski definition) is 1. The lowest BCUT2D eigenvalue weighted by atomic mass is 9.88. The average Bonchev–Trinajstić information content (AvgIpc) is 3.17. The predicted octanol–water partition coefficient (Wildman–Crippen LogP) is 2.28. The first kappa shape index (κ1) is 14.9. The molecule has 0 spiro atoms. The van der Waals surface area contributed by atoms with Gasteiger partial charge in [0.25, 0.3) is 0 Å². The van der Waals surface area contributed by atoms with Gasteiger partial charge in [0, 0.05) is 32.0 Å². The summed E-state index contributed by atoms with van der Waals surface area (Å²) in [5.74, 6) is 1.34. The van der Waals surface area contributed by atoms with Crippen LogP contribution in [0.5, 0.6) is 0 Å². The van der Waals surface area contributed by atoms with Gasteiger partial charge in [-0.2, -0.15) is 0 Å². The van der Waals surface area contributed by atoms with Crippen LogP contribution in [-0.2, 0) is 11.2 Å². The van der Waals surface area contributed by atoms with Gasteiger partial charge in [0.05, 0.1) is 12.2 Å². The molecular weight excluding hydrogens is 276 g/mol. The smallest absolute Gasteiger partial charge is 0.225 e. The Morgan fingerprint density at radius 3 is 2.77 bits per heavy atom. The maximum Gasteiger partial charge on any atom is 0.225 e. The van der Waals surface area contributed by atoms with E-state index in [1.807, 2.05) is 30.3 Å². The predicted molar refractivity (Wildman–Crippen MR) is 85.6 cm³/mol. The second-order valence-corrected chi connectivity index (χ2v) is 5.97. The van der Waals surface area contributed by atoms with Crippen LogP contribution in [-0.4, -0.2) is 37.5 Å². The number of furan rings is 1. The molecule has 1 aliphatic rings. The van der Waals surface area contributed by atoms with Crippen LogP contribution in [0, 0.1) is 5.92 Å². The van der Waals surface area contributed by atoms with Crippen molar-refractivity contribution in [2.75, 3.05) is 26.7 Å². The van der Waals surface area contributed by atoms with E-state index in [9.17, 15) is 4.79 Å². The van der Waals surface area contributed by atoms with Crippen molar-refractivity contribution < 1.29 is 9.21 Å². The molecule has 1 aromatic carbocycles. The van der Waals surface area contributed by atoms with Crippen LogP contribution in [0.25, 0.3) is 0 Å². The van der Waals surface area contributed by atoms with Crippen LogP contribution in [0.2, 0.25) is 0 Å². The molecule has 4 nitrogen and oxygen atoms in total. The van der Waals surface area contributed by atoms with Crippen molar-refractivity contribution in [3.63, 3.8) is 0 Å². The zero-order valence-electron chi connectivity index (χ0n) is 12.9. The molecule has 22 heavy (non-hydrogen) atoms. The van der Waals surface area contributed by atoms with Gasteiger partial charge in [0.2, 0.25) is 5.91 Å². The average molecular weight is 298 g/mol. The quantitative estimate of drug-likeness (QED) is 0.921. The van der Waals surface area contributed by atoms with Gasteiger partial charge in [-0.25, -0.2) is 0 Å². The first-order chi connectivity index (χ1) is 10.7. The molecule has 0 unspecified atom stereocenters. The normalized spacial score (nSPS) is 21.9. The van der Waals surface area contributed by atoms with Gasteiger partial charge in [0.1, 0.15) is 5.76 Å². The van der Waals surface area contributed by atoms with Gasteiger partial charge in [-0.15, -0.1) is 0 Å². The van der Waals surface area contributed by atoms with E-state index in [0.29, 0.717) is 6.54 Å². The highest BCUT2D eigenvalue weighted by Crippen LogP contribution is 2.31. The standard InChI is InChI=1S/C18H22N2O2/c1-20-12-16(14-6-3-2-4-7-14)17(13-20)18(21)19-10-9-15-8-5-11-22-15/h2-8,11,16-17H,9-10,12-13H2,1H3,(H,19,21)/t16-,17+/m1/s1. The number of amides is 1. The van der Waals surface area contributed by atoms with Crippen molar-refractivity contribution in [1.82, 2.24) is 10.2 Å². The van der Waals surface area contributed by atoms with Gasteiger partial charge in [-0.05, 0) is 24.7 Å². The molecule has 0 aliphatic carbocycles. The highest BCUT2D eigenvalue weighted by Gasteiger charge is 2.36. The number of nitrogens with one attached hydrogen (secondary N) is 1. The Labute approximate surface area is 131 Å². The molecule has 116 valence electrons. The van der Waals surface area contributed by atoms with Crippen molar-refractivity contribution >= 4 is 5.91 Å². The second kappa shape index (κ2) is 6.79. The minimum absolute atomic E-state index is 0.0176. The summed E-state index contributed by atoms with van der Waals surface area (Å²) in [5, 5.41) is 3.06. The van der Waals surface area contributed by atoms with Gasteiger partial charge in [-0.3, -0.25) is 4.79 Å². The minimum atomic E-state index is 0.0176. The lowest BCUT2D eigenvalue weighted by Crippen LogP contribution is -2.35. The van der Waals surface area contributed by atoms with Crippen LogP contribution >= 0.6 is 0 Å². The number of likely N-dealkylation sites (N-methyl/N-ethyl adjacent to an activating group) is 1. The molecule has 0 saturated carbocycles. The summed E-state index contributed by atoms with van der Waals surface area (Å²) in [6, 6.07) is 14.1. The maximum absolute atomic E-state index is 12.5. The van der Waals surface area contributed by atoms with E-state index in [1.54, 1.807) is 6.26 Å². The summed E-state index contributed by atoms with van der Waals surface area (Å²) in [6.45, 7) is 2.36. The van der Waals surface area contributed by atoms with E-state index in [0.717, 1.165) is 25.3 Å². The van der Waals surface area contributed by atoms with Crippen molar-refractivity contribution in [2.24, 2.45) is 5.92 Å². The van der Waals surface area contributed by atoms with Gasteiger partial charge in [-0.1, -0.05) is 30.3 Å². The zero-order valence-corrected chi connectivity index (χ0v) is 12.9. The largest absolute Gasteiger partial charge is 0.469 e. The molecule has 1 N–H and O–H groups in total. The van der Waals surface area contributed by atoms with Crippen LogP contribution < -0.4 is 5.32 Å². The van der Waals surface area contributed by atoms with Crippen LogP contribution in [0.15, 0.2) is 53.1 Å². The molecule has 1 aromatic heterocycles. The van der Waals surface area contributed by atoms with Crippen molar-refractivity contribution in [3.05, 3.63) is 60.1 Å². The molecule has 2 aromatic rings. The van der Waals surface area contributed by atoms with Crippen LogP contribution in [0.4, 0.5) is 0 Å². The fourth-order valence-corrected chi connectivity index (χ4v) is 3.20. The van der Waals surface area contributed by atoms with E-state index in [-0.39, 0.29) is 17.7 Å². The molecule has 3 rings (SSSR count). The van der Waals surface area contributed by atoms with Crippen LogP contribution in [0.3, 0.4) is 0 Å². The van der Waals surface area contributed by atoms with E-state index >= 15 is 0 Å². The number of nitrogens with zero attached hydrogens (tertiary/aromatic N) is 1. The minimum Gasteiger partial charge on any atom is -0.469 e. The Morgan fingerprint density at radius 2 is 2.05 bits per heavy atom. The molecule has 0 radical (unpaired) electrons. The highest BCUT2D eigenvalue weighted by atomic mass is 16.3. The fourth-order valence-electron chi connectivity index (χ4n) is 3.20. The summed E-state index contributed by atoms with van der Waals surface area (Å²) in [7, 11) is 2.08. The lowest BCUT2D eigenvalue weighted by molar-refractivity contribution is -0.124. The third-order valence-electron chi connectivity index (χ3n) is 4.32. The van der Waals surface area contributed by atoms with E-state index < -0.39 is 0 Å². The first-order valence-electron chi connectivity index (χ1n) is 7.77. The molecule has 4 heteroatoms. The van der Waals surface area contributed by atoms with E-state index in [2.05, 4.69) is 29.4 Å². The Bertz CT molecular complexity index is 595. The Balaban J connectivity index is 1.60. The van der Waals surface area contributed by atoms with Crippen molar-refractivity contribution in [2.45, 2.75) is 12.3 Å². The highest BCUT2D eigenvalue weighted by molar-refractivity contribution is 5.80. The van der Waals surface area contributed by atoms with E-state index in [4.69, 9.17) is 4.42 Å². The molecule has 2 heterocycles. The van der Waals surface area contributed by atoms with Crippen LogP contribution in [0.1, 0.15) is 17.2 Å². The molecule has 1 saturated heterocycles. The summed E-state index contributed by atoms with van der Waals surface area (Å²) < 4.78 is 5.29. The molecule has 2 atom stereocenters. The summed E-state index contributed by atoms with van der Waals surface area (Å²) in [5.41, 5.74) is 1.25. The third kappa shape index (κ3) is 3.39. The number of likely N-dealkylation sites (tertiary alicyclic amines) is 1. The SMILES string of the molecule is CN1C[C@H](C(=O)NCCc2ccco2)[C@@H](c2ccccc2)C1. The number of carbonyl (C=O) groups excluding carboxylic acids is 1. The Kier molecular flexibility index (Phi) is 4.59. The van der Waals surface area contributed by atoms with Gasteiger partial charge < -0.3 is 14.6 Å². The molecule has 1 aliphatic heterocycles. The first-order valence-corrected chi connectivity index (χ1v) is 7.77. The van der Waals surface area contributed by atoms with Gasteiger partial charge >= 0.3 is 0 Å². The summed E-state index contributed by atoms with van der Waals surface area (Å²) in [4.78, 5) is 14.8. The topological polar surface area (TPSA) is 45.5 Å². The summed E-state index contributed by atoms with van der Waals surface area (Å²) >= 11 is 0. The van der Waals surface area contributed by atoms with Crippen molar-refractivity contribution in [1.29, 1.82) is 0 Å². The molecule has 1 fully saturated rings. The number of rotatable bonds is 5. The van der Waals surface area contributed by atoms with E-state index in [1.165, 1.54) is 5.56 Å².